The summed E-state index contributed by atoms with van der Waals surface area (Å²) in [5, 5.41) is 4.06. The second kappa shape index (κ2) is 6.51. The van der Waals surface area contributed by atoms with Crippen molar-refractivity contribution < 1.29 is 13.7 Å². The van der Waals surface area contributed by atoms with E-state index in [1.807, 2.05) is 6.92 Å². The minimum Gasteiger partial charge on any atom is -0.379 e. The predicted molar refractivity (Wildman–Crippen MR) is 77.4 cm³/mol. The number of ether oxygens (including phenoxy) is 1. The zero-order valence-electron chi connectivity index (χ0n) is 11.9. The molecule has 7 heteroatoms. The Hall–Kier alpha value is -1.50. The van der Waals surface area contributed by atoms with Gasteiger partial charge in [-0.05, 0) is 31.5 Å². The lowest BCUT2D eigenvalue weighted by Crippen LogP contribution is -2.39. The minimum absolute atomic E-state index is 0.196. The van der Waals surface area contributed by atoms with Crippen LogP contribution in [0.3, 0.4) is 0 Å². The molecule has 2 aromatic rings. The van der Waals surface area contributed by atoms with Gasteiger partial charge in [0.25, 0.3) is 5.89 Å². The number of nitrogens with two attached hydrogens (primary N) is 1. The molecular formula is C14H17ClFN3O2. The van der Waals surface area contributed by atoms with Gasteiger partial charge in [-0.1, -0.05) is 23.7 Å². The molecule has 0 amide bonds. The van der Waals surface area contributed by atoms with Crippen LogP contribution in [-0.2, 0) is 10.3 Å². The highest BCUT2D eigenvalue weighted by Gasteiger charge is 2.28. The molecule has 5 nitrogen and oxygen atoms in total. The topological polar surface area (TPSA) is 74.2 Å². The summed E-state index contributed by atoms with van der Waals surface area (Å²) in [7, 11) is 0. The summed E-state index contributed by atoms with van der Waals surface area (Å²) in [6.07, 6.45) is 0.902. The Labute approximate surface area is 127 Å². The summed E-state index contributed by atoms with van der Waals surface area (Å²) < 4.78 is 23.6. The van der Waals surface area contributed by atoms with Gasteiger partial charge in [0.05, 0.1) is 17.2 Å². The number of hydrogen-bond donors (Lipinski definition) is 1. The summed E-state index contributed by atoms with van der Waals surface area (Å²) in [5.41, 5.74) is 5.72. The van der Waals surface area contributed by atoms with Crippen LogP contribution >= 0.6 is 11.6 Å². The van der Waals surface area contributed by atoms with Gasteiger partial charge >= 0.3 is 0 Å². The summed E-state index contributed by atoms with van der Waals surface area (Å²) in [5.74, 6) is 0.0799. The summed E-state index contributed by atoms with van der Waals surface area (Å²) >= 11 is 5.97. The van der Waals surface area contributed by atoms with Gasteiger partial charge in [-0.3, -0.25) is 0 Å². The molecule has 0 aliphatic heterocycles. The number of nitrogens with zero attached hydrogens (tertiary/aromatic N) is 2. The first-order chi connectivity index (χ1) is 9.94. The van der Waals surface area contributed by atoms with Crippen LogP contribution < -0.4 is 5.73 Å². The Morgan fingerprint density at radius 1 is 1.48 bits per heavy atom. The Kier molecular flexibility index (Phi) is 4.92. The molecule has 0 aliphatic rings. The molecule has 0 saturated heterocycles. The number of benzene rings is 1. The van der Waals surface area contributed by atoms with Crippen molar-refractivity contribution in [1.29, 1.82) is 0 Å². The molecule has 2 N–H and O–H groups in total. The van der Waals surface area contributed by atoms with E-state index in [1.54, 1.807) is 6.92 Å². The zero-order valence-corrected chi connectivity index (χ0v) is 12.7. The maximum atomic E-state index is 13.0. The molecule has 0 radical (unpaired) electrons. The lowest BCUT2D eigenvalue weighted by atomic mass is 10.1. The minimum atomic E-state index is -0.872. The zero-order chi connectivity index (χ0) is 15.5. The highest BCUT2D eigenvalue weighted by atomic mass is 35.5. The highest BCUT2D eigenvalue weighted by Crippen LogP contribution is 2.28. The molecule has 21 heavy (non-hydrogen) atoms. The van der Waals surface area contributed by atoms with Crippen LogP contribution in [0.1, 0.15) is 26.1 Å². The third-order valence-electron chi connectivity index (χ3n) is 2.85. The van der Waals surface area contributed by atoms with E-state index in [-0.39, 0.29) is 17.5 Å². The van der Waals surface area contributed by atoms with E-state index in [9.17, 15) is 4.39 Å². The molecule has 114 valence electrons. The van der Waals surface area contributed by atoms with Crippen molar-refractivity contribution in [1.82, 2.24) is 10.1 Å². The molecule has 0 fully saturated rings. The van der Waals surface area contributed by atoms with E-state index in [2.05, 4.69) is 10.1 Å². The van der Waals surface area contributed by atoms with Crippen LogP contribution in [0.15, 0.2) is 22.7 Å². The molecule has 0 aliphatic carbocycles. The smallest absolute Gasteiger partial charge is 0.259 e. The molecule has 1 heterocycles. The molecule has 0 spiro atoms. The van der Waals surface area contributed by atoms with Gasteiger partial charge in [-0.2, -0.15) is 4.98 Å². The van der Waals surface area contributed by atoms with Gasteiger partial charge < -0.3 is 15.0 Å². The Bertz CT molecular complexity index is 616. The number of hydrogen-bond acceptors (Lipinski definition) is 5. The molecule has 0 bridgehead atoms. The van der Waals surface area contributed by atoms with Crippen molar-refractivity contribution in [3.05, 3.63) is 34.9 Å². The van der Waals surface area contributed by atoms with Crippen LogP contribution in [0.2, 0.25) is 5.02 Å². The highest BCUT2D eigenvalue weighted by molar-refractivity contribution is 6.33. The predicted octanol–water partition coefficient (Wildman–Crippen LogP) is 3.13. The lowest BCUT2D eigenvalue weighted by Gasteiger charge is -2.19. The van der Waals surface area contributed by atoms with Crippen molar-refractivity contribution in [2.75, 3.05) is 13.2 Å². The van der Waals surface area contributed by atoms with Crippen molar-refractivity contribution in [3.63, 3.8) is 0 Å². The van der Waals surface area contributed by atoms with E-state index in [4.69, 9.17) is 26.6 Å². The van der Waals surface area contributed by atoms with Crippen molar-refractivity contribution >= 4 is 11.6 Å². The average molecular weight is 314 g/mol. The van der Waals surface area contributed by atoms with Gasteiger partial charge in [0.15, 0.2) is 5.82 Å². The SMILES string of the molecule is CCCOCC(C)(N)c1noc(-c2ccc(F)cc2Cl)n1. The molecule has 2 rings (SSSR count). The van der Waals surface area contributed by atoms with Crippen LogP contribution in [0.25, 0.3) is 11.5 Å². The second-order valence-corrected chi connectivity index (χ2v) is 5.42. The third-order valence-corrected chi connectivity index (χ3v) is 3.16. The fourth-order valence-electron chi connectivity index (χ4n) is 1.72. The first-order valence-corrected chi connectivity index (χ1v) is 6.98. The standard InChI is InChI=1S/C14H17ClFN3O2/c1-3-6-20-8-14(2,17)13-18-12(21-19-13)10-5-4-9(16)7-11(10)15/h4-5,7H,3,6,8,17H2,1-2H3. The van der Waals surface area contributed by atoms with Crippen molar-refractivity contribution in [2.45, 2.75) is 25.8 Å². The maximum absolute atomic E-state index is 13.0. The quantitative estimate of drug-likeness (QED) is 0.829. The number of aromatic nitrogens is 2. The average Bonchev–Trinajstić information content (AvgIpc) is 2.89. The van der Waals surface area contributed by atoms with Crippen LogP contribution in [-0.4, -0.2) is 23.4 Å². The Balaban J connectivity index is 2.21. The van der Waals surface area contributed by atoms with Crippen LogP contribution in [0.5, 0.6) is 0 Å². The summed E-state index contributed by atoms with van der Waals surface area (Å²) in [6.45, 7) is 4.65. The molecular weight excluding hydrogens is 297 g/mol. The van der Waals surface area contributed by atoms with Crippen molar-refractivity contribution in [3.8, 4) is 11.5 Å². The number of halogens is 2. The Morgan fingerprint density at radius 3 is 2.90 bits per heavy atom. The molecule has 0 saturated carbocycles. The van der Waals surface area contributed by atoms with Gasteiger partial charge in [-0.15, -0.1) is 0 Å². The molecule has 1 aromatic heterocycles. The van der Waals surface area contributed by atoms with Gasteiger partial charge in [-0.25, -0.2) is 4.39 Å². The first kappa shape index (κ1) is 15.9. The molecule has 1 unspecified atom stereocenters. The van der Waals surface area contributed by atoms with Crippen LogP contribution in [0, 0.1) is 5.82 Å². The third kappa shape index (κ3) is 3.78. The first-order valence-electron chi connectivity index (χ1n) is 6.60. The van der Waals surface area contributed by atoms with E-state index in [0.717, 1.165) is 6.42 Å². The summed E-state index contributed by atoms with van der Waals surface area (Å²) in [4.78, 5) is 4.23. The van der Waals surface area contributed by atoms with E-state index < -0.39 is 11.4 Å². The second-order valence-electron chi connectivity index (χ2n) is 5.02. The van der Waals surface area contributed by atoms with Crippen LogP contribution in [0.4, 0.5) is 4.39 Å². The van der Waals surface area contributed by atoms with Crippen molar-refractivity contribution in [2.24, 2.45) is 5.73 Å². The molecule has 1 aromatic carbocycles. The van der Waals surface area contributed by atoms with E-state index in [0.29, 0.717) is 18.0 Å². The largest absolute Gasteiger partial charge is 0.379 e. The number of rotatable bonds is 6. The maximum Gasteiger partial charge on any atom is 0.259 e. The van der Waals surface area contributed by atoms with E-state index in [1.165, 1.54) is 18.2 Å². The van der Waals surface area contributed by atoms with E-state index >= 15 is 0 Å². The Morgan fingerprint density at radius 2 is 2.24 bits per heavy atom. The fourth-order valence-corrected chi connectivity index (χ4v) is 1.97. The lowest BCUT2D eigenvalue weighted by molar-refractivity contribution is 0.0867. The van der Waals surface area contributed by atoms with Gasteiger partial charge in [0, 0.05) is 6.61 Å². The fraction of sp³-hybridized carbons (Fsp3) is 0.429. The van der Waals surface area contributed by atoms with Gasteiger partial charge in [0.1, 0.15) is 11.4 Å². The summed E-state index contributed by atoms with van der Waals surface area (Å²) in [6, 6.07) is 3.94. The molecule has 1 atom stereocenters. The normalized spacial score (nSPS) is 14.1. The van der Waals surface area contributed by atoms with Gasteiger partial charge in [0.2, 0.25) is 0 Å². The monoisotopic (exact) mass is 313 g/mol.